The van der Waals surface area contributed by atoms with Crippen molar-refractivity contribution in [2.75, 3.05) is 0 Å². The Morgan fingerprint density at radius 1 is 1.10 bits per heavy atom. The summed E-state index contributed by atoms with van der Waals surface area (Å²) in [5, 5.41) is 0. The second-order valence-corrected chi connectivity index (χ2v) is 2.53. The highest BCUT2D eigenvalue weighted by molar-refractivity contribution is 4.54. The van der Waals surface area contributed by atoms with Crippen LogP contribution in [0.5, 0.6) is 0 Å². The second kappa shape index (κ2) is 6.97. The van der Waals surface area contributed by atoms with Crippen molar-refractivity contribution in [2.45, 2.75) is 52.9 Å². The predicted octanol–water partition coefficient (Wildman–Crippen LogP) is 3.86. The maximum atomic E-state index is 11.7. The Labute approximate surface area is 62.6 Å². The van der Waals surface area contributed by atoms with Crippen LogP contribution in [0, 0.1) is 0 Å². The van der Waals surface area contributed by atoms with Crippen LogP contribution in [0.2, 0.25) is 0 Å². The number of halogens is 2. The molecule has 0 aromatic heterocycles. The van der Waals surface area contributed by atoms with E-state index in [9.17, 15) is 8.78 Å². The molecule has 0 aromatic rings. The predicted molar refractivity (Wildman–Crippen MR) is 41.5 cm³/mol. The van der Waals surface area contributed by atoms with Crippen molar-refractivity contribution < 1.29 is 8.78 Å². The summed E-state index contributed by atoms with van der Waals surface area (Å²) in [6.07, 6.45) is 1.82. The summed E-state index contributed by atoms with van der Waals surface area (Å²) >= 11 is 0. The van der Waals surface area contributed by atoms with Gasteiger partial charge in [0.15, 0.2) is 0 Å². The van der Waals surface area contributed by atoms with Crippen LogP contribution in [0.25, 0.3) is 0 Å². The van der Waals surface area contributed by atoms with Gasteiger partial charge in [0, 0.05) is 6.42 Å². The monoisotopic (exact) mass is 152 g/mol. The Kier molecular flexibility index (Phi) is 8.74. The van der Waals surface area contributed by atoms with Crippen LogP contribution in [0.4, 0.5) is 8.78 Å². The van der Waals surface area contributed by atoms with Crippen LogP contribution in [0.3, 0.4) is 0 Å². The van der Waals surface area contributed by atoms with Gasteiger partial charge in [0.05, 0.1) is 0 Å². The molecule has 0 aliphatic heterocycles. The molecule has 0 spiro atoms. The molecule has 0 rings (SSSR count). The Hall–Kier alpha value is -0.140. The molecule has 0 aromatic carbocycles. The van der Waals surface area contributed by atoms with E-state index in [0.717, 1.165) is 6.92 Å². The van der Waals surface area contributed by atoms with Gasteiger partial charge in [0.2, 0.25) is 5.92 Å². The topological polar surface area (TPSA) is 0 Å². The minimum absolute atomic E-state index is 0.00694. The van der Waals surface area contributed by atoms with Gasteiger partial charge in [0.25, 0.3) is 0 Å². The lowest BCUT2D eigenvalue weighted by molar-refractivity contribution is 0.0123. The molecule has 0 amide bonds. The van der Waals surface area contributed by atoms with Crippen molar-refractivity contribution in [2.24, 2.45) is 0 Å². The molecule has 0 radical (unpaired) electrons. The maximum Gasteiger partial charge on any atom is 0.245 e. The van der Waals surface area contributed by atoms with Gasteiger partial charge in [-0.3, -0.25) is 0 Å². The highest BCUT2D eigenvalue weighted by atomic mass is 19.3. The van der Waals surface area contributed by atoms with Crippen LogP contribution < -0.4 is 0 Å². The molecule has 10 heavy (non-hydrogen) atoms. The van der Waals surface area contributed by atoms with Gasteiger partial charge in [-0.25, -0.2) is 8.78 Å². The summed E-state index contributed by atoms with van der Waals surface area (Å²) < 4.78 is 23.4. The van der Waals surface area contributed by atoms with E-state index in [2.05, 4.69) is 13.8 Å². The number of hydrogen-bond donors (Lipinski definition) is 0. The largest absolute Gasteiger partial charge is 0.245 e. The van der Waals surface area contributed by atoms with Gasteiger partial charge in [0.1, 0.15) is 0 Å². The number of rotatable bonds is 2. The van der Waals surface area contributed by atoms with E-state index in [0.29, 0.717) is 6.42 Å². The minimum atomic E-state index is -2.45. The third-order valence-corrected chi connectivity index (χ3v) is 0.689. The molecule has 0 atom stereocenters. The van der Waals surface area contributed by atoms with E-state index in [1.165, 1.54) is 6.42 Å². The van der Waals surface area contributed by atoms with Crippen molar-refractivity contribution in [1.29, 1.82) is 0 Å². The first-order valence-corrected chi connectivity index (χ1v) is 3.85. The van der Waals surface area contributed by atoms with Crippen LogP contribution in [-0.4, -0.2) is 5.92 Å². The summed E-state index contributed by atoms with van der Waals surface area (Å²) in [7, 11) is 0. The summed E-state index contributed by atoms with van der Waals surface area (Å²) in [6.45, 7) is 6.94. The molecule has 0 fully saturated rings. The average Bonchev–Trinajstić information content (AvgIpc) is 1.63. The van der Waals surface area contributed by atoms with E-state index in [4.69, 9.17) is 0 Å². The molecular formula is C8H18F2. The summed E-state index contributed by atoms with van der Waals surface area (Å²) in [5.74, 6) is -2.45. The van der Waals surface area contributed by atoms with E-state index in [1.807, 2.05) is 0 Å². The zero-order valence-corrected chi connectivity index (χ0v) is 7.38. The lowest BCUT2D eigenvalue weighted by atomic mass is 10.2. The third kappa shape index (κ3) is 24.8. The molecule has 2 heteroatoms. The van der Waals surface area contributed by atoms with E-state index in [1.54, 1.807) is 6.92 Å². The Morgan fingerprint density at radius 2 is 1.40 bits per heavy atom. The average molecular weight is 152 g/mol. The number of hydrogen-bond acceptors (Lipinski definition) is 0. The van der Waals surface area contributed by atoms with Gasteiger partial charge in [-0.2, -0.15) is 0 Å². The minimum Gasteiger partial charge on any atom is -0.207 e. The Bertz CT molecular complexity index is 54.8. The van der Waals surface area contributed by atoms with Crippen LogP contribution in [0.1, 0.15) is 47.0 Å². The van der Waals surface area contributed by atoms with Crippen LogP contribution >= 0.6 is 0 Å². The smallest absolute Gasteiger partial charge is 0.207 e. The molecule has 0 aliphatic carbocycles. The highest BCUT2D eigenvalue weighted by Gasteiger charge is 2.17. The van der Waals surface area contributed by atoms with Gasteiger partial charge in [-0.05, 0) is 6.92 Å². The second-order valence-electron chi connectivity index (χ2n) is 2.53. The van der Waals surface area contributed by atoms with Gasteiger partial charge >= 0.3 is 0 Å². The van der Waals surface area contributed by atoms with Crippen LogP contribution in [0.15, 0.2) is 0 Å². The SMILES string of the molecule is CCC.CCCC(C)(F)F. The molecule has 0 bridgehead atoms. The maximum absolute atomic E-state index is 11.7. The van der Waals surface area contributed by atoms with Crippen molar-refractivity contribution in [3.8, 4) is 0 Å². The van der Waals surface area contributed by atoms with Gasteiger partial charge in [-0.1, -0.05) is 33.6 Å². The summed E-state index contributed by atoms with van der Waals surface area (Å²) in [4.78, 5) is 0. The zero-order valence-electron chi connectivity index (χ0n) is 7.38. The Morgan fingerprint density at radius 3 is 1.40 bits per heavy atom. The lowest BCUT2D eigenvalue weighted by Crippen LogP contribution is -2.07. The molecule has 0 saturated heterocycles. The first kappa shape index (κ1) is 12.5. The quantitative estimate of drug-likeness (QED) is 0.563. The highest BCUT2D eigenvalue weighted by Crippen LogP contribution is 2.17. The summed E-state index contributed by atoms with van der Waals surface area (Å²) in [5.41, 5.74) is 0. The molecule has 0 aliphatic rings. The fourth-order valence-corrected chi connectivity index (χ4v) is 0.439. The first-order chi connectivity index (χ1) is 4.47. The first-order valence-electron chi connectivity index (χ1n) is 3.85. The van der Waals surface area contributed by atoms with Gasteiger partial charge in [-0.15, -0.1) is 0 Å². The zero-order chi connectivity index (χ0) is 8.62. The van der Waals surface area contributed by atoms with E-state index >= 15 is 0 Å². The normalized spacial score (nSPS) is 10.2. The van der Waals surface area contributed by atoms with Crippen molar-refractivity contribution >= 4 is 0 Å². The van der Waals surface area contributed by atoms with E-state index in [-0.39, 0.29) is 6.42 Å². The number of alkyl halides is 2. The van der Waals surface area contributed by atoms with Crippen molar-refractivity contribution in [1.82, 2.24) is 0 Å². The molecule has 0 saturated carbocycles. The lowest BCUT2D eigenvalue weighted by Gasteiger charge is -2.05. The molecule has 64 valence electrons. The molecule has 0 N–H and O–H groups in total. The van der Waals surface area contributed by atoms with E-state index < -0.39 is 5.92 Å². The van der Waals surface area contributed by atoms with Gasteiger partial charge < -0.3 is 0 Å². The fourth-order valence-electron chi connectivity index (χ4n) is 0.439. The molecular weight excluding hydrogens is 134 g/mol. The summed E-state index contributed by atoms with van der Waals surface area (Å²) in [6, 6.07) is 0. The van der Waals surface area contributed by atoms with Crippen LogP contribution in [-0.2, 0) is 0 Å². The van der Waals surface area contributed by atoms with Crippen molar-refractivity contribution in [3.63, 3.8) is 0 Å². The third-order valence-electron chi connectivity index (χ3n) is 0.689. The molecule has 0 nitrogen and oxygen atoms in total. The molecule has 0 unspecified atom stereocenters. The van der Waals surface area contributed by atoms with Crippen molar-refractivity contribution in [3.05, 3.63) is 0 Å². The standard InChI is InChI=1S/C5H10F2.C3H8/c1-3-4-5(2,6)7;1-3-2/h3-4H2,1-2H3;3H2,1-2H3. The molecule has 0 heterocycles. The fraction of sp³-hybridized carbons (Fsp3) is 1.00. The Balaban J connectivity index is 0.